The SMILES string of the molecule is CCCCC(=O)Nc1cncc(-c2cc3c(-c4cc5c(N6CCN(C)CC6)cncc5[nH]4)n[nH]c3cn2)c1. The van der Waals surface area contributed by atoms with Crippen LogP contribution in [0, 0.1) is 0 Å². The quantitative estimate of drug-likeness (QED) is 0.297. The standard InChI is InChI=1S/C28H31N9O/c1-3-4-5-27(38)32-19-10-18(13-29-14-19)22-12-21-25(16-31-22)34-35-28(21)23-11-20-24(33-23)15-30-17-26(20)37-8-6-36(2)7-9-37/h10-17,33H,3-9H2,1-2H3,(H,32,38)(H,34,35). The number of amides is 1. The summed E-state index contributed by atoms with van der Waals surface area (Å²) in [6.07, 6.45) is 11.4. The maximum absolute atomic E-state index is 12.2. The maximum atomic E-state index is 12.2. The summed E-state index contributed by atoms with van der Waals surface area (Å²) >= 11 is 0. The van der Waals surface area contributed by atoms with E-state index in [4.69, 9.17) is 0 Å². The number of anilines is 2. The molecule has 0 atom stereocenters. The third-order valence-electron chi connectivity index (χ3n) is 7.15. The van der Waals surface area contributed by atoms with Crippen molar-refractivity contribution in [1.82, 2.24) is 35.0 Å². The highest BCUT2D eigenvalue weighted by atomic mass is 16.1. The largest absolute Gasteiger partial charge is 0.367 e. The summed E-state index contributed by atoms with van der Waals surface area (Å²) in [6, 6.07) is 6.08. The topological polar surface area (TPSA) is 119 Å². The molecule has 0 unspecified atom stereocenters. The molecule has 10 heteroatoms. The molecule has 5 aromatic rings. The van der Waals surface area contributed by atoms with Crippen molar-refractivity contribution in [1.29, 1.82) is 0 Å². The van der Waals surface area contributed by atoms with Gasteiger partial charge in [0, 0.05) is 55.1 Å². The maximum Gasteiger partial charge on any atom is 0.224 e. The summed E-state index contributed by atoms with van der Waals surface area (Å²) in [7, 11) is 2.16. The molecule has 1 aliphatic heterocycles. The number of carbonyl (C=O) groups is 1. The summed E-state index contributed by atoms with van der Waals surface area (Å²) < 4.78 is 0. The Morgan fingerprint density at radius 3 is 2.66 bits per heavy atom. The second-order valence-electron chi connectivity index (χ2n) is 9.89. The predicted octanol–water partition coefficient (Wildman–Crippen LogP) is 4.44. The van der Waals surface area contributed by atoms with Gasteiger partial charge in [-0.15, -0.1) is 0 Å². The highest BCUT2D eigenvalue weighted by Crippen LogP contribution is 2.34. The van der Waals surface area contributed by atoms with E-state index in [1.54, 1.807) is 18.6 Å². The van der Waals surface area contributed by atoms with E-state index >= 15 is 0 Å². The molecule has 10 nitrogen and oxygen atoms in total. The number of aromatic amines is 2. The first-order valence-electron chi connectivity index (χ1n) is 13.1. The molecule has 5 aromatic heterocycles. The van der Waals surface area contributed by atoms with Gasteiger partial charge in [0.1, 0.15) is 5.69 Å². The number of nitrogens with one attached hydrogen (secondary N) is 3. The number of unbranched alkanes of at least 4 members (excludes halogenated alkanes) is 1. The van der Waals surface area contributed by atoms with Crippen LogP contribution in [0.25, 0.3) is 44.5 Å². The van der Waals surface area contributed by atoms with E-state index in [2.05, 4.69) is 65.3 Å². The summed E-state index contributed by atoms with van der Waals surface area (Å²) in [5.74, 6) is -0.00410. The number of H-pyrrole nitrogens is 2. The van der Waals surface area contributed by atoms with Gasteiger partial charge < -0.3 is 20.1 Å². The second kappa shape index (κ2) is 10.2. The highest BCUT2D eigenvalue weighted by Gasteiger charge is 2.19. The van der Waals surface area contributed by atoms with Gasteiger partial charge in [-0.1, -0.05) is 13.3 Å². The normalized spacial score (nSPS) is 14.4. The van der Waals surface area contributed by atoms with E-state index in [0.717, 1.165) is 89.2 Å². The molecular weight excluding hydrogens is 478 g/mol. The van der Waals surface area contributed by atoms with Gasteiger partial charge in [-0.05, 0) is 31.7 Å². The first kappa shape index (κ1) is 24.1. The molecule has 0 radical (unpaired) electrons. The number of aromatic nitrogens is 6. The summed E-state index contributed by atoms with van der Waals surface area (Å²) in [5.41, 5.74) is 6.96. The minimum absolute atomic E-state index is 0.00410. The molecule has 0 spiro atoms. The van der Waals surface area contributed by atoms with Crippen LogP contribution in [0.2, 0.25) is 0 Å². The van der Waals surface area contributed by atoms with Crippen molar-refractivity contribution in [2.45, 2.75) is 26.2 Å². The minimum Gasteiger partial charge on any atom is -0.367 e. The molecule has 1 aliphatic rings. The third-order valence-corrected chi connectivity index (χ3v) is 7.15. The number of hydrogen-bond acceptors (Lipinski definition) is 7. The van der Waals surface area contributed by atoms with E-state index < -0.39 is 0 Å². The van der Waals surface area contributed by atoms with Crippen molar-refractivity contribution in [3.8, 4) is 22.6 Å². The van der Waals surface area contributed by atoms with Crippen LogP contribution in [0.15, 0.2) is 49.2 Å². The molecule has 6 heterocycles. The van der Waals surface area contributed by atoms with Crippen molar-refractivity contribution >= 4 is 39.1 Å². The van der Waals surface area contributed by atoms with Crippen LogP contribution >= 0.6 is 0 Å². The van der Waals surface area contributed by atoms with Crippen LogP contribution in [0.5, 0.6) is 0 Å². The van der Waals surface area contributed by atoms with Crippen LogP contribution in [0.1, 0.15) is 26.2 Å². The van der Waals surface area contributed by atoms with Gasteiger partial charge in [-0.2, -0.15) is 5.10 Å². The molecule has 0 bridgehead atoms. The average Bonchev–Trinajstić information content (AvgIpc) is 3.56. The summed E-state index contributed by atoms with van der Waals surface area (Å²) in [4.78, 5) is 33.9. The number of fused-ring (bicyclic) bond motifs is 2. The molecule has 0 aliphatic carbocycles. The van der Waals surface area contributed by atoms with Crippen LogP contribution in [0.4, 0.5) is 11.4 Å². The molecule has 0 saturated carbocycles. The van der Waals surface area contributed by atoms with Gasteiger partial charge >= 0.3 is 0 Å². The van der Waals surface area contributed by atoms with E-state index in [0.29, 0.717) is 12.1 Å². The molecule has 1 saturated heterocycles. The van der Waals surface area contributed by atoms with Crippen LogP contribution in [-0.2, 0) is 4.79 Å². The van der Waals surface area contributed by atoms with Gasteiger partial charge in [0.15, 0.2) is 0 Å². The molecule has 1 fully saturated rings. The number of likely N-dealkylation sites (N-methyl/N-ethyl adjacent to an activating group) is 1. The molecule has 6 rings (SSSR count). The highest BCUT2D eigenvalue weighted by molar-refractivity contribution is 6.00. The number of nitrogens with zero attached hydrogens (tertiary/aromatic N) is 6. The lowest BCUT2D eigenvalue weighted by molar-refractivity contribution is -0.116. The van der Waals surface area contributed by atoms with Gasteiger partial charge in [-0.25, -0.2) is 0 Å². The predicted molar refractivity (Wildman–Crippen MR) is 150 cm³/mol. The molecule has 194 valence electrons. The Kier molecular flexibility index (Phi) is 6.47. The zero-order valence-electron chi connectivity index (χ0n) is 21.7. The second-order valence-corrected chi connectivity index (χ2v) is 9.89. The van der Waals surface area contributed by atoms with Gasteiger partial charge in [0.05, 0.1) is 58.6 Å². The van der Waals surface area contributed by atoms with Crippen molar-refractivity contribution in [2.24, 2.45) is 0 Å². The zero-order chi connectivity index (χ0) is 26.1. The Hall–Kier alpha value is -4.31. The monoisotopic (exact) mass is 509 g/mol. The number of carbonyl (C=O) groups excluding carboxylic acids is 1. The Morgan fingerprint density at radius 2 is 1.82 bits per heavy atom. The smallest absolute Gasteiger partial charge is 0.224 e. The van der Waals surface area contributed by atoms with E-state index in [1.165, 1.54) is 0 Å². The summed E-state index contributed by atoms with van der Waals surface area (Å²) in [5, 5.41) is 12.8. The average molecular weight is 510 g/mol. The van der Waals surface area contributed by atoms with Gasteiger partial charge in [0.25, 0.3) is 0 Å². The van der Waals surface area contributed by atoms with Crippen molar-refractivity contribution in [2.75, 3.05) is 43.4 Å². The molecule has 38 heavy (non-hydrogen) atoms. The first-order chi connectivity index (χ1) is 18.6. The molecular formula is C28H31N9O. The van der Waals surface area contributed by atoms with Crippen LogP contribution < -0.4 is 10.2 Å². The zero-order valence-corrected chi connectivity index (χ0v) is 21.7. The Labute approximate surface area is 220 Å². The van der Waals surface area contributed by atoms with Crippen LogP contribution in [0.3, 0.4) is 0 Å². The van der Waals surface area contributed by atoms with Crippen molar-refractivity contribution in [3.05, 3.63) is 49.2 Å². The van der Waals surface area contributed by atoms with Gasteiger partial charge in [-0.3, -0.25) is 24.8 Å². The number of pyridine rings is 3. The Balaban J connectivity index is 1.33. The molecule has 0 aromatic carbocycles. The lowest BCUT2D eigenvalue weighted by Gasteiger charge is -2.34. The lowest BCUT2D eigenvalue weighted by atomic mass is 10.1. The number of hydrogen-bond donors (Lipinski definition) is 3. The van der Waals surface area contributed by atoms with E-state index in [-0.39, 0.29) is 5.91 Å². The Morgan fingerprint density at radius 1 is 0.974 bits per heavy atom. The van der Waals surface area contributed by atoms with Crippen LogP contribution in [-0.4, -0.2) is 74.2 Å². The fourth-order valence-electron chi connectivity index (χ4n) is 4.95. The first-order valence-corrected chi connectivity index (χ1v) is 13.1. The van der Waals surface area contributed by atoms with E-state index in [1.807, 2.05) is 24.5 Å². The fraction of sp³-hybridized carbons (Fsp3) is 0.321. The lowest BCUT2D eigenvalue weighted by Crippen LogP contribution is -2.44. The Bertz CT molecular complexity index is 1600. The molecule has 3 N–H and O–H groups in total. The fourth-order valence-corrected chi connectivity index (χ4v) is 4.95. The van der Waals surface area contributed by atoms with Gasteiger partial charge in [0.2, 0.25) is 5.91 Å². The van der Waals surface area contributed by atoms with E-state index in [9.17, 15) is 4.79 Å². The number of rotatable bonds is 7. The number of piperazine rings is 1. The minimum atomic E-state index is -0.00410. The summed E-state index contributed by atoms with van der Waals surface area (Å²) in [6.45, 7) is 6.09. The molecule has 1 amide bonds. The third kappa shape index (κ3) is 4.70. The van der Waals surface area contributed by atoms with Crippen molar-refractivity contribution in [3.63, 3.8) is 0 Å². The van der Waals surface area contributed by atoms with Crippen molar-refractivity contribution < 1.29 is 4.79 Å².